The van der Waals surface area contributed by atoms with Crippen molar-refractivity contribution in [1.82, 2.24) is 0 Å². The van der Waals surface area contributed by atoms with Crippen LogP contribution in [0.5, 0.6) is 0 Å². The third kappa shape index (κ3) is 2.39. The Balaban J connectivity index is 2.86. The van der Waals surface area contributed by atoms with E-state index in [-0.39, 0.29) is 0 Å². The molecule has 0 bridgehead atoms. The molecule has 0 amide bonds. The highest BCUT2D eigenvalue weighted by Crippen LogP contribution is 2.14. The first-order valence-corrected chi connectivity index (χ1v) is 4.16. The lowest BCUT2D eigenvalue weighted by molar-refractivity contribution is 0.666. The van der Waals surface area contributed by atoms with Crippen molar-refractivity contribution in [2.24, 2.45) is 5.92 Å². The number of hydrogen-bond donors (Lipinski definition) is 1. The summed E-state index contributed by atoms with van der Waals surface area (Å²) in [6.07, 6.45) is 12.9. The van der Waals surface area contributed by atoms with Crippen molar-refractivity contribution in [3.63, 3.8) is 0 Å². The van der Waals surface area contributed by atoms with Gasteiger partial charge in [0.25, 0.3) is 0 Å². The second-order valence-electron chi connectivity index (χ2n) is 3.14. The molecule has 0 aromatic carbocycles. The summed E-state index contributed by atoms with van der Waals surface area (Å²) in [5.74, 6) is 3.09. The Morgan fingerprint density at radius 1 is 1.58 bits per heavy atom. The Kier molecular flexibility index (Phi) is 2.88. The van der Waals surface area contributed by atoms with Crippen LogP contribution in [0.15, 0.2) is 23.8 Å². The molecule has 0 saturated heterocycles. The van der Waals surface area contributed by atoms with Crippen molar-refractivity contribution in [3.8, 4) is 12.3 Å². The van der Waals surface area contributed by atoms with Crippen LogP contribution in [0.4, 0.5) is 0 Å². The third-order valence-corrected chi connectivity index (χ3v) is 1.96. The Morgan fingerprint density at radius 2 is 2.33 bits per heavy atom. The standard InChI is InChI=1S/C11H13N/c1-3-10-5-7-11(12)6-4-9(2)8-10/h1,5,7-9,12H,4,6H2,2H3/b7-5-,10-8?,12-11?. The molecule has 1 aliphatic rings. The topological polar surface area (TPSA) is 23.9 Å². The number of allylic oxidation sites excluding steroid dienone is 4. The summed E-state index contributed by atoms with van der Waals surface area (Å²) < 4.78 is 0. The van der Waals surface area contributed by atoms with Crippen molar-refractivity contribution in [1.29, 1.82) is 5.41 Å². The lowest BCUT2D eigenvalue weighted by Crippen LogP contribution is -2.00. The zero-order chi connectivity index (χ0) is 8.97. The van der Waals surface area contributed by atoms with E-state index >= 15 is 0 Å². The number of hydrogen-bond acceptors (Lipinski definition) is 1. The minimum Gasteiger partial charge on any atom is -0.305 e. The van der Waals surface area contributed by atoms with Gasteiger partial charge < -0.3 is 5.41 Å². The molecule has 0 aliphatic heterocycles. The summed E-state index contributed by atoms with van der Waals surface area (Å²) in [6, 6.07) is 0. The van der Waals surface area contributed by atoms with Crippen molar-refractivity contribution in [2.75, 3.05) is 0 Å². The van der Waals surface area contributed by atoms with Gasteiger partial charge in [-0.1, -0.05) is 18.9 Å². The second kappa shape index (κ2) is 3.92. The predicted octanol–water partition coefficient (Wildman–Crippen LogP) is 2.55. The zero-order valence-corrected chi connectivity index (χ0v) is 7.30. The van der Waals surface area contributed by atoms with E-state index < -0.39 is 0 Å². The fourth-order valence-corrected chi connectivity index (χ4v) is 1.20. The van der Waals surface area contributed by atoms with Crippen LogP contribution >= 0.6 is 0 Å². The highest BCUT2D eigenvalue weighted by Gasteiger charge is 2.03. The molecule has 0 radical (unpaired) electrons. The van der Waals surface area contributed by atoms with Gasteiger partial charge in [-0.3, -0.25) is 0 Å². The van der Waals surface area contributed by atoms with Gasteiger partial charge in [-0.25, -0.2) is 0 Å². The molecule has 1 N–H and O–H groups in total. The van der Waals surface area contributed by atoms with E-state index in [4.69, 9.17) is 11.8 Å². The quantitative estimate of drug-likeness (QED) is 0.525. The van der Waals surface area contributed by atoms with E-state index in [9.17, 15) is 0 Å². The maximum Gasteiger partial charge on any atom is 0.0314 e. The molecule has 0 fully saturated rings. The number of rotatable bonds is 0. The van der Waals surface area contributed by atoms with Crippen molar-refractivity contribution in [3.05, 3.63) is 23.8 Å². The molecule has 0 saturated carbocycles. The molecule has 62 valence electrons. The van der Waals surface area contributed by atoms with Crippen LogP contribution in [0.2, 0.25) is 0 Å². The Bertz CT molecular complexity index is 276. The molecule has 0 heterocycles. The van der Waals surface area contributed by atoms with Gasteiger partial charge in [-0.15, -0.1) is 6.42 Å². The van der Waals surface area contributed by atoms with Crippen LogP contribution in [0.3, 0.4) is 0 Å². The molecule has 0 spiro atoms. The van der Waals surface area contributed by atoms with Gasteiger partial charge >= 0.3 is 0 Å². The van der Waals surface area contributed by atoms with E-state index in [0.29, 0.717) is 11.6 Å². The van der Waals surface area contributed by atoms with Crippen LogP contribution in [0.25, 0.3) is 0 Å². The number of terminal acetylenes is 1. The normalized spacial score (nSPS) is 26.5. The summed E-state index contributed by atoms with van der Waals surface area (Å²) >= 11 is 0. The molecule has 1 nitrogen and oxygen atoms in total. The lowest BCUT2D eigenvalue weighted by Gasteiger charge is -2.08. The fraction of sp³-hybridized carbons (Fsp3) is 0.364. The minimum absolute atomic E-state index is 0.487. The van der Waals surface area contributed by atoms with Crippen molar-refractivity contribution in [2.45, 2.75) is 19.8 Å². The van der Waals surface area contributed by atoms with Crippen LogP contribution in [-0.4, -0.2) is 5.71 Å². The molecule has 12 heavy (non-hydrogen) atoms. The summed E-state index contributed by atoms with van der Waals surface area (Å²) in [5, 5.41) is 7.50. The molecule has 1 atom stereocenters. The molecule has 1 aliphatic carbocycles. The lowest BCUT2D eigenvalue weighted by atomic mass is 9.97. The summed E-state index contributed by atoms with van der Waals surface area (Å²) in [5.41, 5.74) is 1.56. The summed E-state index contributed by atoms with van der Waals surface area (Å²) in [4.78, 5) is 0. The van der Waals surface area contributed by atoms with Gasteiger partial charge in [0.2, 0.25) is 0 Å². The highest BCUT2D eigenvalue weighted by atomic mass is 14.4. The monoisotopic (exact) mass is 159 g/mol. The minimum atomic E-state index is 0.487. The van der Waals surface area contributed by atoms with Crippen LogP contribution < -0.4 is 0 Å². The summed E-state index contributed by atoms with van der Waals surface area (Å²) in [6.45, 7) is 2.13. The van der Waals surface area contributed by atoms with E-state index in [1.165, 1.54) is 0 Å². The predicted molar refractivity (Wildman–Crippen MR) is 52.2 cm³/mol. The van der Waals surface area contributed by atoms with Crippen LogP contribution in [0.1, 0.15) is 19.8 Å². The third-order valence-electron chi connectivity index (χ3n) is 1.96. The van der Waals surface area contributed by atoms with Crippen LogP contribution in [-0.2, 0) is 0 Å². The van der Waals surface area contributed by atoms with E-state index in [0.717, 1.165) is 18.4 Å². The molecular formula is C11H13N. The zero-order valence-electron chi connectivity index (χ0n) is 7.30. The molecule has 1 rings (SSSR count). The van der Waals surface area contributed by atoms with Crippen LogP contribution in [0, 0.1) is 23.7 Å². The number of nitrogens with one attached hydrogen (secondary N) is 1. The Hall–Kier alpha value is -1.29. The Labute approximate surface area is 73.7 Å². The van der Waals surface area contributed by atoms with Gasteiger partial charge in [0.15, 0.2) is 0 Å². The SMILES string of the molecule is C#CC1=CC(C)CCC(=N)/C=C\1. The highest BCUT2D eigenvalue weighted by molar-refractivity contribution is 5.92. The van der Waals surface area contributed by atoms with Gasteiger partial charge in [-0.2, -0.15) is 0 Å². The van der Waals surface area contributed by atoms with Gasteiger partial charge in [0.1, 0.15) is 0 Å². The maximum absolute atomic E-state index is 7.50. The van der Waals surface area contributed by atoms with E-state index in [1.807, 2.05) is 6.08 Å². The molecule has 1 unspecified atom stereocenters. The van der Waals surface area contributed by atoms with Crippen molar-refractivity contribution < 1.29 is 0 Å². The average Bonchev–Trinajstić information content (AvgIpc) is 2.06. The first kappa shape index (κ1) is 8.80. The van der Waals surface area contributed by atoms with Crippen molar-refractivity contribution >= 4 is 5.71 Å². The molecule has 0 aromatic rings. The van der Waals surface area contributed by atoms with E-state index in [2.05, 4.69) is 18.9 Å². The summed E-state index contributed by atoms with van der Waals surface area (Å²) in [7, 11) is 0. The Morgan fingerprint density at radius 3 is 3.00 bits per heavy atom. The van der Waals surface area contributed by atoms with Gasteiger partial charge in [0, 0.05) is 11.3 Å². The van der Waals surface area contributed by atoms with Gasteiger partial charge in [-0.05, 0) is 30.9 Å². The first-order valence-electron chi connectivity index (χ1n) is 4.16. The molecule has 1 heteroatoms. The first-order chi connectivity index (χ1) is 5.72. The van der Waals surface area contributed by atoms with Gasteiger partial charge in [0.05, 0.1) is 0 Å². The van der Waals surface area contributed by atoms with E-state index in [1.54, 1.807) is 6.08 Å². The molecular weight excluding hydrogens is 146 g/mol. The smallest absolute Gasteiger partial charge is 0.0314 e. The average molecular weight is 159 g/mol. The maximum atomic E-state index is 7.50. The second-order valence-corrected chi connectivity index (χ2v) is 3.14. The molecule has 0 aromatic heterocycles. The largest absolute Gasteiger partial charge is 0.305 e. The fourth-order valence-electron chi connectivity index (χ4n) is 1.20.